The van der Waals surface area contributed by atoms with E-state index in [1.54, 1.807) is 16.7 Å². The number of rotatable bonds is 5. The second-order valence-electron chi connectivity index (χ2n) is 2.89. The molecule has 1 aliphatic heterocycles. The molecule has 0 aliphatic carbocycles. The molecular formula is C9H13NO2S. The summed E-state index contributed by atoms with van der Waals surface area (Å²) in [6.07, 6.45) is 1.94. The number of amides is 1. The van der Waals surface area contributed by atoms with Crippen molar-refractivity contribution in [1.82, 2.24) is 4.90 Å². The Morgan fingerprint density at radius 1 is 1.54 bits per heavy atom. The Kier molecular flexibility index (Phi) is 4.02. The molecule has 0 spiro atoms. The SMILES string of the molecule is C=CCSCCN1CC(=O)CC1=O. The van der Waals surface area contributed by atoms with E-state index < -0.39 is 0 Å². The molecule has 0 aromatic rings. The van der Waals surface area contributed by atoms with Crippen molar-refractivity contribution in [3.63, 3.8) is 0 Å². The van der Waals surface area contributed by atoms with Crippen LogP contribution in [0, 0.1) is 0 Å². The summed E-state index contributed by atoms with van der Waals surface area (Å²) >= 11 is 1.72. The summed E-state index contributed by atoms with van der Waals surface area (Å²) in [5.41, 5.74) is 0. The maximum absolute atomic E-state index is 11.1. The number of likely N-dealkylation sites (tertiary alicyclic amines) is 1. The standard InChI is InChI=1S/C9H13NO2S/c1-2-4-13-5-3-10-7-8(11)6-9(10)12/h2H,1,3-7H2. The Labute approximate surface area is 82.2 Å². The minimum Gasteiger partial charge on any atom is -0.334 e. The second-order valence-corrected chi connectivity index (χ2v) is 4.04. The lowest BCUT2D eigenvalue weighted by molar-refractivity contribution is -0.127. The topological polar surface area (TPSA) is 37.4 Å². The average Bonchev–Trinajstić information content (AvgIpc) is 2.39. The predicted octanol–water partition coefficient (Wildman–Crippen LogP) is 0.707. The van der Waals surface area contributed by atoms with Gasteiger partial charge >= 0.3 is 0 Å². The molecular weight excluding hydrogens is 186 g/mol. The summed E-state index contributed by atoms with van der Waals surface area (Å²) in [5.74, 6) is 1.80. The zero-order chi connectivity index (χ0) is 9.68. The highest BCUT2D eigenvalue weighted by atomic mass is 32.2. The Morgan fingerprint density at radius 2 is 2.31 bits per heavy atom. The molecule has 0 bridgehead atoms. The van der Waals surface area contributed by atoms with Gasteiger partial charge in [-0.2, -0.15) is 11.8 Å². The lowest BCUT2D eigenvalue weighted by Crippen LogP contribution is -2.27. The van der Waals surface area contributed by atoms with Crippen LogP contribution in [0.15, 0.2) is 12.7 Å². The van der Waals surface area contributed by atoms with Crippen molar-refractivity contribution in [2.75, 3.05) is 24.6 Å². The Bertz CT molecular complexity index is 228. The molecule has 0 aromatic carbocycles. The number of ketones is 1. The fourth-order valence-electron chi connectivity index (χ4n) is 1.18. The van der Waals surface area contributed by atoms with Crippen molar-refractivity contribution >= 4 is 23.5 Å². The number of Topliss-reactive ketones (excluding diaryl/α,β-unsaturated/α-hetero) is 1. The minimum absolute atomic E-state index is 0.0239. The maximum Gasteiger partial charge on any atom is 0.230 e. The smallest absolute Gasteiger partial charge is 0.230 e. The molecule has 4 heteroatoms. The van der Waals surface area contributed by atoms with Crippen LogP contribution in [0.4, 0.5) is 0 Å². The molecule has 72 valence electrons. The van der Waals surface area contributed by atoms with Gasteiger partial charge in [0.1, 0.15) is 0 Å². The van der Waals surface area contributed by atoms with Crippen LogP contribution in [-0.4, -0.2) is 41.2 Å². The van der Waals surface area contributed by atoms with E-state index in [1.165, 1.54) is 0 Å². The molecule has 1 amide bonds. The summed E-state index contributed by atoms with van der Waals surface area (Å²) in [4.78, 5) is 23.6. The molecule has 3 nitrogen and oxygen atoms in total. The van der Waals surface area contributed by atoms with Crippen LogP contribution >= 0.6 is 11.8 Å². The van der Waals surface area contributed by atoms with E-state index >= 15 is 0 Å². The first-order chi connectivity index (χ1) is 6.24. The zero-order valence-electron chi connectivity index (χ0n) is 7.49. The van der Waals surface area contributed by atoms with Crippen molar-refractivity contribution in [1.29, 1.82) is 0 Å². The van der Waals surface area contributed by atoms with Crippen molar-refractivity contribution in [2.45, 2.75) is 6.42 Å². The van der Waals surface area contributed by atoms with E-state index in [2.05, 4.69) is 6.58 Å². The average molecular weight is 199 g/mol. The molecule has 0 N–H and O–H groups in total. The molecule has 1 heterocycles. The molecule has 1 aliphatic rings. The van der Waals surface area contributed by atoms with Crippen LogP contribution in [0.1, 0.15) is 6.42 Å². The highest BCUT2D eigenvalue weighted by molar-refractivity contribution is 7.99. The third-order valence-electron chi connectivity index (χ3n) is 1.81. The Balaban J connectivity index is 2.18. The lowest BCUT2D eigenvalue weighted by atomic mass is 10.3. The van der Waals surface area contributed by atoms with Crippen LogP contribution in [-0.2, 0) is 9.59 Å². The van der Waals surface area contributed by atoms with E-state index in [-0.39, 0.29) is 18.1 Å². The Hall–Kier alpha value is -0.770. The van der Waals surface area contributed by atoms with E-state index in [9.17, 15) is 9.59 Å². The summed E-state index contributed by atoms with van der Waals surface area (Å²) in [5, 5.41) is 0. The van der Waals surface area contributed by atoms with Gasteiger partial charge in [-0.3, -0.25) is 9.59 Å². The molecule has 0 saturated carbocycles. The van der Waals surface area contributed by atoms with Gasteiger partial charge in [-0.1, -0.05) is 6.08 Å². The second kappa shape index (κ2) is 5.07. The van der Waals surface area contributed by atoms with E-state index in [1.807, 2.05) is 6.08 Å². The molecule has 0 aromatic heterocycles. The third kappa shape index (κ3) is 3.22. The number of nitrogens with zero attached hydrogens (tertiary/aromatic N) is 1. The predicted molar refractivity (Wildman–Crippen MR) is 53.7 cm³/mol. The normalized spacial score (nSPS) is 16.8. The van der Waals surface area contributed by atoms with Crippen LogP contribution in [0.5, 0.6) is 0 Å². The van der Waals surface area contributed by atoms with Gasteiger partial charge in [-0.25, -0.2) is 0 Å². The van der Waals surface area contributed by atoms with Gasteiger partial charge in [0.05, 0.1) is 13.0 Å². The number of carbonyl (C=O) groups is 2. The fourth-order valence-corrected chi connectivity index (χ4v) is 1.87. The van der Waals surface area contributed by atoms with Gasteiger partial charge in [-0.05, 0) is 0 Å². The Morgan fingerprint density at radius 3 is 2.85 bits per heavy atom. The van der Waals surface area contributed by atoms with E-state index in [4.69, 9.17) is 0 Å². The molecule has 1 fully saturated rings. The van der Waals surface area contributed by atoms with Crippen LogP contribution in [0.2, 0.25) is 0 Å². The van der Waals surface area contributed by atoms with Gasteiger partial charge in [0, 0.05) is 18.1 Å². The largest absolute Gasteiger partial charge is 0.334 e. The highest BCUT2D eigenvalue weighted by Gasteiger charge is 2.26. The van der Waals surface area contributed by atoms with E-state index in [0.717, 1.165) is 11.5 Å². The molecule has 0 radical (unpaired) electrons. The van der Waals surface area contributed by atoms with Gasteiger partial charge < -0.3 is 4.90 Å². The first kappa shape index (κ1) is 10.3. The van der Waals surface area contributed by atoms with Crippen molar-refractivity contribution in [3.8, 4) is 0 Å². The number of carbonyl (C=O) groups excluding carboxylic acids is 2. The molecule has 1 rings (SSSR count). The summed E-state index contributed by atoms with van der Waals surface area (Å²) in [6.45, 7) is 4.60. The minimum atomic E-state index is -0.0239. The summed E-state index contributed by atoms with van der Waals surface area (Å²) in [7, 11) is 0. The van der Waals surface area contributed by atoms with Crippen LogP contribution in [0.3, 0.4) is 0 Å². The first-order valence-electron chi connectivity index (χ1n) is 4.22. The highest BCUT2D eigenvalue weighted by Crippen LogP contribution is 2.08. The van der Waals surface area contributed by atoms with Gasteiger partial charge in [0.2, 0.25) is 5.91 Å². The molecule has 1 saturated heterocycles. The summed E-state index contributed by atoms with van der Waals surface area (Å²) < 4.78 is 0. The monoisotopic (exact) mass is 199 g/mol. The van der Waals surface area contributed by atoms with Crippen LogP contribution < -0.4 is 0 Å². The number of hydrogen-bond donors (Lipinski definition) is 0. The third-order valence-corrected chi connectivity index (χ3v) is 2.75. The molecule has 0 unspecified atom stereocenters. The molecule has 0 atom stereocenters. The van der Waals surface area contributed by atoms with Crippen molar-refractivity contribution in [2.24, 2.45) is 0 Å². The number of hydrogen-bond acceptors (Lipinski definition) is 3. The van der Waals surface area contributed by atoms with E-state index in [0.29, 0.717) is 13.1 Å². The quantitative estimate of drug-likeness (QED) is 0.372. The number of thioether (sulfide) groups is 1. The van der Waals surface area contributed by atoms with Gasteiger partial charge in [0.25, 0.3) is 0 Å². The van der Waals surface area contributed by atoms with Gasteiger partial charge in [-0.15, -0.1) is 6.58 Å². The fraction of sp³-hybridized carbons (Fsp3) is 0.556. The first-order valence-corrected chi connectivity index (χ1v) is 5.37. The summed E-state index contributed by atoms with van der Waals surface area (Å²) in [6, 6.07) is 0. The zero-order valence-corrected chi connectivity index (χ0v) is 8.31. The van der Waals surface area contributed by atoms with Crippen molar-refractivity contribution in [3.05, 3.63) is 12.7 Å². The maximum atomic E-state index is 11.1. The van der Waals surface area contributed by atoms with Gasteiger partial charge in [0.15, 0.2) is 5.78 Å². The lowest BCUT2D eigenvalue weighted by Gasteiger charge is -2.13. The molecule has 13 heavy (non-hydrogen) atoms. The van der Waals surface area contributed by atoms with Crippen LogP contribution in [0.25, 0.3) is 0 Å². The van der Waals surface area contributed by atoms with Crippen molar-refractivity contribution < 1.29 is 9.59 Å².